The molecule has 1 heterocycles. The van der Waals surface area contributed by atoms with Gasteiger partial charge in [-0.2, -0.15) is 0 Å². The van der Waals surface area contributed by atoms with Gasteiger partial charge in [0.25, 0.3) is 5.91 Å². The minimum atomic E-state index is -0.559. The number of halogens is 1. The number of aryl methyl sites for hydroxylation is 1. The normalized spacial score (nSPS) is 18.9. The second-order valence-electron chi connectivity index (χ2n) is 7.81. The first-order valence-corrected chi connectivity index (χ1v) is 11.0. The molecule has 4 nitrogen and oxygen atoms in total. The number of carbonyl (C=O) groups is 2. The molecular formula is C23H27FN2O2S. The second-order valence-corrected chi connectivity index (χ2v) is 8.92. The SMILES string of the molecule is Cc1ccc(C(=O)N2[C@@H](c3ccc(F)cc3)SC[C@H]2C(=O)NCCC(C)C)cc1. The van der Waals surface area contributed by atoms with Gasteiger partial charge in [-0.25, -0.2) is 4.39 Å². The maximum Gasteiger partial charge on any atom is 0.255 e. The molecule has 29 heavy (non-hydrogen) atoms. The summed E-state index contributed by atoms with van der Waals surface area (Å²) in [7, 11) is 0. The summed E-state index contributed by atoms with van der Waals surface area (Å²) in [4.78, 5) is 27.9. The number of nitrogens with zero attached hydrogens (tertiary/aromatic N) is 1. The predicted octanol–water partition coefficient (Wildman–Crippen LogP) is 4.55. The Morgan fingerprint density at radius 3 is 2.41 bits per heavy atom. The van der Waals surface area contributed by atoms with E-state index in [1.165, 1.54) is 23.9 Å². The Morgan fingerprint density at radius 2 is 1.79 bits per heavy atom. The van der Waals surface area contributed by atoms with Gasteiger partial charge in [-0.05, 0) is 49.1 Å². The molecule has 1 fully saturated rings. The minimum Gasteiger partial charge on any atom is -0.354 e. The quantitative estimate of drug-likeness (QED) is 0.754. The molecule has 3 rings (SSSR count). The van der Waals surface area contributed by atoms with E-state index in [2.05, 4.69) is 19.2 Å². The van der Waals surface area contributed by atoms with E-state index in [0.717, 1.165) is 17.5 Å². The van der Waals surface area contributed by atoms with Gasteiger partial charge >= 0.3 is 0 Å². The first kappa shape index (κ1) is 21.4. The zero-order chi connectivity index (χ0) is 21.0. The molecular weight excluding hydrogens is 387 g/mol. The van der Waals surface area contributed by atoms with Gasteiger partial charge in [0.2, 0.25) is 5.91 Å². The lowest BCUT2D eigenvalue weighted by Gasteiger charge is -2.29. The van der Waals surface area contributed by atoms with Gasteiger partial charge in [0.1, 0.15) is 17.2 Å². The number of rotatable bonds is 6. The molecule has 2 amide bonds. The van der Waals surface area contributed by atoms with Crippen molar-refractivity contribution in [2.75, 3.05) is 12.3 Å². The van der Waals surface area contributed by atoms with Crippen LogP contribution in [0.3, 0.4) is 0 Å². The summed E-state index contributed by atoms with van der Waals surface area (Å²) in [6.07, 6.45) is 0.888. The van der Waals surface area contributed by atoms with Crippen LogP contribution in [0.5, 0.6) is 0 Å². The number of hydrogen-bond donors (Lipinski definition) is 1. The van der Waals surface area contributed by atoms with Crippen molar-refractivity contribution in [1.29, 1.82) is 0 Å². The first-order chi connectivity index (χ1) is 13.9. The van der Waals surface area contributed by atoms with Crippen LogP contribution in [0.25, 0.3) is 0 Å². The monoisotopic (exact) mass is 414 g/mol. The van der Waals surface area contributed by atoms with E-state index in [4.69, 9.17) is 0 Å². The van der Waals surface area contributed by atoms with Crippen LogP contribution < -0.4 is 5.32 Å². The molecule has 6 heteroatoms. The molecule has 2 aromatic carbocycles. The first-order valence-electron chi connectivity index (χ1n) is 9.91. The van der Waals surface area contributed by atoms with Crippen molar-refractivity contribution < 1.29 is 14.0 Å². The van der Waals surface area contributed by atoms with Gasteiger partial charge < -0.3 is 10.2 Å². The summed E-state index contributed by atoms with van der Waals surface area (Å²) < 4.78 is 13.4. The molecule has 154 valence electrons. The molecule has 0 saturated carbocycles. The molecule has 1 aliphatic rings. The highest BCUT2D eigenvalue weighted by molar-refractivity contribution is 7.99. The fourth-order valence-corrected chi connectivity index (χ4v) is 4.72. The highest BCUT2D eigenvalue weighted by Gasteiger charge is 2.42. The van der Waals surface area contributed by atoms with Crippen LogP contribution in [0.15, 0.2) is 48.5 Å². The maximum atomic E-state index is 13.4. The lowest BCUT2D eigenvalue weighted by atomic mass is 10.1. The third kappa shape index (κ3) is 5.18. The van der Waals surface area contributed by atoms with E-state index in [0.29, 0.717) is 23.8 Å². The number of nitrogens with one attached hydrogen (secondary N) is 1. The molecule has 1 N–H and O–H groups in total. The number of thioether (sulfide) groups is 1. The molecule has 0 bridgehead atoms. The number of benzene rings is 2. The molecule has 0 radical (unpaired) electrons. The summed E-state index contributed by atoms with van der Waals surface area (Å²) in [5.41, 5.74) is 2.43. The second kappa shape index (κ2) is 9.44. The molecule has 1 saturated heterocycles. The molecule has 2 atom stereocenters. The van der Waals surface area contributed by atoms with E-state index in [-0.39, 0.29) is 23.0 Å². The number of carbonyl (C=O) groups excluding carboxylic acids is 2. The average Bonchev–Trinajstić information content (AvgIpc) is 3.13. The number of hydrogen-bond acceptors (Lipinski definition) is 3. The minimum absolute atomic E-state index is 0.136. The van der Waals surface area contributed by atoms with Gasteiger partial charge in [0.15, 0.2) is 0 Å². The van der Waals surface area contributed by atoms with Gasteiger partial charge in [-0.3, -0.25) is 9.59 Å². The van der Waals surface area contributed by atoms with E-state index < -0.39 is 6.04 Å². The Bertz CT molecular complexity index is 852. The Balaban J connectivity index is 1.87. The molecule has 0 spiro atoms. The van der Waals surface area contributed by atoms with Crippen LogP contribution in [-0.4, -0.2) is 35.1 Å². The van der Waals surface area contributed by atoms with E-state index in [1.807, 2.05) is 19.1 Å². The highest BCUT2D eigenvalue weighted by Crippen LogP contribution is 2.42. The Labute approximate surface area is 175 Å². The summed E-state index contributed by atoms with van der Waals surface area (Å²) in [5.74, 6) is 0.353. The zero-order valence-corrected chi connectivity index (χ0v) is 17.8. The van der Waals surface area contributed by atoms with Gasteiger partial charge in [-0.15, -0.1) is 11.8 Å². The largest absolute Gasteiger partial charge is 0.354 e. The van der Waals surface area contributed by atoms with E-state index >= 15 is 0 Å². The summed E-state index contributed by atoms with van der Waals surface area (Å²) in [6, 6.07) is 12.9. The Hall–Kier alpha value is -2.34. The zero-order valence-electron chi connectivity index (χ0n) is 17.0. The topological polar surface area (TPSA) is 49.4 Å². The van der Waals surface area contributed by atoms with Gasteiger partial charge in [0, 0.05) is 17.9 Å². The van der Waals surface area contributed by atoms with Crippen molar-refractivity contribution >= 4 is 23.6 Å². The predicted molar refractivity (Wildman–Crippen MR) is 115 cm³/mol. The van der Waals surface area contributed by atoms with Crippen LogP contribution in [0.1, 0.15) is 47.1 Å². The molecule has 1 aliphatic heterocycles. The molecule has 0 aliphatic carbocycles. The van der Waals surface area contributed by atoms with Crippen LogP contribution in [0.2, 0.25) is 0 Å². The summed E-state index contributed by atoms with van der Waals surface area (Å²) in [5, 5.41) is 2.65. The lowest BCUT2D eigenvalue weighted by molar-refractivity contribution is -0.124. The van der Waals surface area contributed by atoms with E-state index in [9.17, 15) is 14.0 Å². The molecule has 0 aromatic heterocycles. The van der Waals surface area contributed by atoms with Gasteiger partial charge in [0.05, 0.1) is 0 Å². The molecule has 0 unspecified atom stereocenters. The van der Waals surface area contributed by atoms with Crippen molar-refractivity contribution in [2.24, 2.45) is 5.92 Å². The van der Waals surface area contributed by atoms with Crippen molar-refractivity contribution in [3.63, 3.8) is 0 Å². The number of amides is 2. The van der Waals surface area contributed by atoms with Crippen LogP contribution in [-0.2, 0) is 4.79 Å². The third-order valence-corrected chi connectivity index (χ3v) is 6.34. The smallest absolute Gasteiger partial charge is 0.255 e. The summed E-state index contributed by atoms with van der Waals surface area (Å²) >= 11 is 1.53. The Morgan fingerprint density at radius 1 is 1.14 bits per heavy atom. The lowest BCUT2D eigenvalue weighted by Crippen LogP contribution is -2.48. The standard InChI is InChI=1S/C23H27FN2O2S/c1-15(2)12-13-25-21(27)20-14-29-23(18-8-10-19(24)11-9-18)26(20)22(28)17-6-4-16(3)5-7-17/h4-11,15,20,23H,12-14H2,1-3H3,(H,25,27)/t20-,23+/m0/s1. The van der Waals surface area contributed by atoms with Crippen LogP contribution >= 0.6 is 11.8 Å². The fourth-order valence-electron chi connectivity index (χ4n) is 3.29. The van der Waals surface area contributed by atoms with Crippen LogP contribution in [0, 0.1) is 18.7 Å². The summed E-state index contributed by atoms with van der Waals surface area (Å²) in [6.45, 7) is 6.77. The van der Waals surface area contributed by atoms with Crippen molar-refractivity contribution in [3.8, 4) is 0 Å². The average molecular weight is 415 g/mol. The van der Waals surface area contributed by atoms with Crippen molar-refractivity contribution in [3.05, 3.63) is 71.0 Å². The molecule has 2 aromatic rings. The van der Waals surface area contributed by atoms with Crippen molar-refractivity contribution in [1.82, 2.24) is 10.2 Å². The van der Waals surface area contributed by atoms with Crippen LogP contribution in [0.4, 0.5) is 4.39 Å². The Kier molecular flexibility index (Phi) is 6.96. The fraction of sp³-hybridized carbons (Fsp3) is 0.391. The van der Waals surface area contributed by atoms with Gasteiger partial charge in [-0.1, -0.05) is 43.7 Å². The van der Waals surface area contributed by atoms with E-state index in [1.54, 1.807) is 29.2 Å². The highest BCUT2D eigenvalue weighted by atomic mass is 32.2. The maximum absolute atomic E-state index is 13.4. The van der Waals surface area contributed by atoms with Crippen molar-refractivity contribution in [2.45, 2.75) is 38.6 Å². The third-order valence-electron chi connectivity index (χ3n) is 5.01.